The maximum Gasteiger partial charge on any atom is 0.544 e. The first-order chi connectivity index (χ1) is 10.2. The van der Waals surface area contributed by atoms with Crippen molar-refractivity contribution in [3.8, 4) is 0 Å². The minimum Gasteiger partial charge on any atom is -0.567 e. The summed E-state index contributed by atoms with van der Waals surface area (Å²) in [6.07, 6.45) is 11.1. The molecule has 0 radical (unpaired) electrons. The second-order valence-corrected chi connectivity index (χ2v) is 10.2. The highest BCUT2D eigenvalue weighted by atomic mass is 27.4. The Morgan fingerprint density at radius 1 is 0.591 bits per heavy atom. The Hall–Kier alpha value is 0.352. The Bertz CT molecular complexity index is 186. The predicted octanol–water partition coefficient (Wildman–Crippen LogP) is 6.63. The third kappa shape index (κ3) is 18.4. The smallest absolute Gasteiger partial charge is 0.544 e. The number of unbranched alkanes of at least 4 members (excludes halogenated alkanes) is 4. The molecule has 0 aromatic carbocycles. The van der Waals surface area contributed by atoms with E-state index >= 15 is 0 Å². The normalized spacial score (nSPS) is 12.0. The standard InChI is InChI=1S/C16H36N.2CH3.Al.2FH/c1-5-9-13-17(14-10-6-2,15-11-7-3)16-12-8-4;;;;;/h5-16H2,1-4H3;2*1H3;;2*1H/q+1;;;+1;;/p-2. The van der Waals surface area contributed by atoms with Gasteiger partial charge in [0, 0.05) is 0 Å². The first-order valence-electron chi connectivity index (χ1n) is 9.68. The zero-order valence-electron chi connectivity index (χ0n) is 16.3. The molecule has 0 fully saturated rings. The first kappa shape index (κ1) is 24.6. The molecule has 0 unspecified atom stereocenters. The summed E-state index contributed by atoms with van der Waals surface area (Å²) < 4.78 is 23.8. The molecule has 0 N–H and O–H groups in total. The third-order valence-electron chi connectivity index (χ3n) is 3.94. The van der Waals surface area contributed by atoms with Gasteiger partial charge in [-0.3, -0.25) is 0 Å². The van der Waals surface area contributed by atoms with Crippen LogP contribution in [0.25, 0.3) is 0 Å². The van der Waals surface area contributed by atoms with Gasteiger partial charge in [-0.2, -0.15) is 0 Å². The summed E-state index contributed by atoms with van der Waals surface area (Å²) in [7, 11) is 0. The van der Waals surface area contributed by atoms with Crippen molar-refractivity contribution in [2.24, 2.45) is 0 Å². The molecule has 0 rings (SSSR count). The van der Waals surface area contributed by atoms with Crippen LogP contribution in [-0.4, -0.2) is 44.7 Å². The summed E-state index contributed by atoms with van der Waals surface area (Å²) in [5, 5.41) is 0. The Morgan fingerprint density at radius 3 is 0.909 bits per heavy atom. The molecule has 1 nitrogen and oxygen atoms in total. The van der Waals surface area contributed by atoms with E-state index < -0.39 is 14.0 Å². The van der Waals surface area contributed by atoms with E-state index in [4.69, 9.17) is 0 Å². The van der Waals surface area contributed by atoms with Gasteiger partial charge in [0.15, 0.2) is 0 Å². The van der Waals surface area contributed by atoms with Crippen LogP contribution < -0.4 is 0 Å². The van der Waals surface area contributed by atoms with Crippen LogP contribution in [0.15, 0.2) is 0 Å². The maximum atomic E-state index is 11.2. The lowest BCUT2D eigenvalue weighted by Crippen LogP contribution is -2.50. The Labute approximate surface area is 142 Å². The SMILES string of the molecule is CCCC[N+](CCCC)(CCCC)CCCC.[CH3][Al-]([CH3])([F])[F]. The van der Waals surface area contributed by atoms with E-state index in [1.807, 2.05) is 0 Å². The van der Waals surface area contributed by atoms with Crippen LogP contribution in [0.3, 0.4) is 0 Å². The van der Waals surface area contributed by atoms with Gasteiger partial charge < -0.3 is 11.5 Å². The van der Waals surface area contributed by atoms with Gasteiger partial charge >= 0.3 is 14.0 Å². The second kappa shape index (κ2) is 14.9. The van der Waals surface area contributed by atoms with Crippen molar-refractivity contribution in [1.29, 1.82) is 0 Å². The molecule has 0 bridgehead atoms. The number of hydrogen-bond donors (Lipinski definition) is 0. The number of halogens is 2. The van der Waals surface area contributed by atoms with Crippen LogP contribution in [0, 0.1) is 0 Å². The van der Waals surface area contributed by atoms with Crippen molar-refractivity contribution in [2.75, 3.05) is 26.2 Å². The Balaban J connectivity index is 0. The van der Waals surface area contributed by atoms with Gasteiger partial charge in [0.05, 0.1) is 26.2 Å². The minimum atomic E-state index is -3.83. The van der Waals surface area contributed by atoms with E-state index in [2.05, 4.69) is 27.7 Å². The molecule has 0 spiro atoms. The number of quaternary nitrogens is 1. The highest BCUT2D eigenvalue weighted by Crippen LogP contribution is 2.16. The number of hydrogen-bond acceptors (Lipinski definition) is 0. The van der Waals surface area contributed by atoms with Crippen molar-refractivity contribution in [3.63, 3.8) is 0 Å². The minimum absolute atomic E-state index is 1.02. The van der Waals surface area contributed by atoms with Crippen molar-refractivity contribution >= 4 is 14.0 Å². The third-order valence-corrected chi connectivity index (χ3v) is 3.94. The molecule has 0 aromatic rings. The quantitative estimate of drug-likeness (QED) is 0.277. The molecule has 4 heteroatoms. The summed E-state index contributed by atoms with van der Waals surface area (Å²) in [5.74, 6) is 2.04. The monoisotopic (exact) mass is 337 g/mol. The van der Waals surface area contributed by atoms with E-state index in [-0.39, 0.29) is 0 Å². The van der Waals surface area contributed by atoms with E-state index in [9.17, 15) is 7.05 Å². The molecule has 0 aliphatic rings. The average Bonchev–Trinajstić information content (AvgIpc) is 2.44. The van der Waals surface area contributed by atoms with Gasteiger partial charge in [-0.1, -0.05) is 53.4 Å². The molecule has 0 aliphatic carbocycles. The molecule has 0 saturated heterocycles. The van der Waals surface area contributed by atoms with Crippen LogP contribution in [0.5, 0.6) is 0 Å². The lowest BCUT2D eigenvalue weighted by atomic mass is 10.1. The zero-order chi connectivity index (χ0) is 17.5. The molecule has 0 atom stereocenters. The molecule has 0 aliphatic heterocycles. The Morgan fingerprint density at radius 2 is 0.773 bits per heavy atom. The summed E-state index contributed by atoms with van der Waals surface area (Å²) >= 11 is -3.83. The van der Waals surface area contributed by atoms with Crippen molar-refractivity contribution in [2.45, 2.75) is 90.6 Å². The highest BCUT2D eigenvalue weighted by Gasteiger charge is 2.24. The fourth-order valence-electron chi connectivity index (χ4n) is 2.64. The molecular formula is C18H42AlF2N. The topological polar surface area (TPSA) is 0 Å². The number of rotatable bonds is 12. The molecule has 0 saturated carbocycles. The molecule has 0 aromatic heterocycles. The molecule has 22 heavy (non-hydrogen) atoms. The van der Waals surface area contributed by atoms with E-state index in [1.165, 1.54) is 82.0 Å². The van der Waals surface area contributed by atoms with Crippen molar-refractivity contribution in [1.82, 2.24) is 0 Å². The van der Waals surface area contributed by atoms with Crippen LogP contribution in [-0.2, 0) is 0 Å². The average molecular weight is 338 g/mol. The van der Waals surface area contributed by atoms with Crippen LogP contribution in [0.2, 0.25) is 11.6 Å². The molecule has 136 valence electrons. The first-order valence-corrected chi connectivity index (χ1v) is 12.9. The summed E-state index contributed by atoms with van der Waals surface area (Å²) in [6.45, 7) is 15.0. The maximum absolute atomic E-state index is 11.2. The van der Waals surface area contributed by atoms with E-state index in [0.29, 0.717) is 0 Å². The molecule has 0 heterocycles. The van der Waals surface area contributed by atoms with Gasteiger partial charge in [-0.15, -0.1) is 11.6 Å². The highest BCUT2D eigenvalue weighted by molar-refractivity contribution is 6.63. The summed E-state index contributed by atoms with van der Waals surface area (Å²) in [4.78, 5) is 0. The number of nitrogens with zero attached hydrogens (tertiary/aromatic N) is 1. The second-order valence-electron chi connectivity index (χ2n) is 7.18. The lowest BCUT2D eigenvalue weighted by molar-refractivity contribution is -0.929. The van der Waals surface area contributed by atoms with Crippen molar-refractivity contribution < 1.29 is 11.5 Å². The van der Waals surface area contributed by atoms with E-state index in [1.54, 1.807) is 0 Å². The largest absolute Gasteiger partial charge is 0.567 e. The van der Waals surface area contributed by atoms with Crippen LogP contribution in [0.1, 0.15) is 79.1 Å². The Kier molecular flexibility index (Phi) is 16.7. The summed E-state index contributed by atoms with van der Waals surface area (Å²) in [5.41, 5.74) is 0. The van der Waals surface area contributed by atoms with Crippen LogP contribution in [0.4, 0.5) is 7.05 Å². The predicted molar refractivity (Wildman–Crippen MR) is 99.1 cm³/mol. The fourth-order valence-corrected chi connectivity index (χ4v) is 2.64. The van der Waals surface area contributed by atoms with Crippen molar-refractivity contribution in [3.05, 3.63) is 0 Å². The van der Waals surface area contributed by atoms with Gasteiger partial charge in [0.2, 0.25) is 0 Å². The fraction of sp³-hybridized carbons (Fsp3) is 1.00. The molecule has 0 amide bonds. The van der Waals surface area contributed by atoms with Gasteiger partial charge in [-0.05, 0) is 25.7 Å². The van der Waals surface area contributed by atoms with Crippen LogP contribution >= 0.6 is 0 Å². The van der Waals surface area contributed by atoms with E-state index in [0.717, 1.165) is 11.6 Å². The van der Waals surface area contributed by atoms with Gasteiger partial charge in [-0.25, -0.2) is 0 Å². The molecular weight excluding hydrogens is 295 g/mol. The lowest BCUT2D eigenvalue weighted by Gasteiger charge is -2.39. The van der Waals surface area contributed by atoms with Gasteiger partial charge in [0.25, 0.3) is 0 Å². The zero-order valence-corrected chi connectivity index (χ0v) is 17.4. The summed E-state index contributed by atoms with van der Waals surface area (Å²) in [6, 6.07) is 0. The van der Waals surface area contributed by atoms with Gasteiger partial charge in [0.1, 0.15) is 0 Å².